The summed E-state index contributed by atoms with van der Waals surface area (Å²) in [6, 6.07) is 5.78. The maximum Gasteiger partial charge on any atom is 1.00 e. The van der Waals surface area contributed by atoms with Gasteiger partial charge in [-0.05, 0) is 110 Å². The molecule has 6 atom stereocenters. The van der Waals surface area contributed by atoms with E-state index in [1.807, 2.05) is 25.1 Å². The van der Waals surface area contributed by atoms with Crippen molar-refractivity contribution >= 4 is 55.4 Å². The predicted molar refractivity (Wildman–Crippen MR) is 246 cm³/mol. The van der Waals surface area contributed by atoms with Gasteiger partial charge in [0.15, 0.2) is 0 Å². The van der Waals surface area contributed by atoms with Crippen molar-refractivity contribution in [1.29, 1.82) is 0 Å². The molecule has 1 aromatic carbocycles. The third-order valence-electron chi connectivity index (χ3n) is 5.79. The van der Waals surface area contributed by atoms with Crippen LogP contribution in [0.2, 0.25) is 0 Å². The first kappa shape index (κ1) is 121. The molecule has 0 N–H and O–H groups in total. The fourth-order valence-corrected chi connectivity index (χ4v) is 6.31. The molecule has 0 heterocycles. The van der Waals surface area contributed by atoms with Crippen LogP contribution >= 0.6 is 55.4 Å². The van der Waals surface area contributed by atoms with Gasteiger partial charge in [-0.3, -0.25) is 0 Å². The third-order valence-corrected chi connectivity index (χ3v) is 11.7. The minimum atomic E-state index is 0. The fraction of sp³-hybridized carbons (Fsp3) is 0.718. The quantitative estimate of drug-likeness (QED) is 0.112. The van der Waals surface area contributed by atoms with E-state index in [-0.39, 0.29) is 416 Å². The minimum Gasteiger partial charge on any atom is -0.497 e. The van der Waals surface area contributed by atoms with Crippen LogP contribution in [0.4, 0.5) is 0 Å². The van der Waals surface area contributed by atoms with E-state index < -0.39 is 0 Å². The van der Waals surface area contributed by atoms with Gasteiger partial charge < -0.3 is 15.4 Å². The predicted octanol–water partition coefficient (Wildman–Crippen LogP) is 12.9. The molecule has 1 aromatic rings. The number of benzene rings is 1. The molecule has 377 valence electrons. The Morgan fingerprint density at radius 1 is 0.492 bits per heavy atom. The second-order valence-corrected chi connectivity index (χ2v) is 16.7. The molecule has 1 radical (unpaired) electrons. The van der Waals surface area contributed by atoms with E-state index in [4.69, 9.17) is 9.47 Å². The Morgan fingerprint density at radius 2 is 0.644 bits per heavy atom. The average molecular weight is 1370 g/mol. The van der Waals surface area contributed by atoms with Crippen molar-refractivity contribution in [2.24, 2.45) is 22.7 Å². The molecule has 2 rings (SSSR count). The number of hydrogen-bond acceptors (Lipinski definition) is 2. The number of allylic oxidation sites excluding steroid dienone is 4. The molecule has 0 saturated carbocycles. The Morgan fingerprint density at radius 3 is 0.746 bits per heavy atom. The summed E-state index contributed by atoms with van der Waals surface area (Å²) >= 11 is 0. The van der Waals surface area contributed by atoms with Gasteiger partial charge in [-0.1, -0.05) is 79.7 Å². The Kier molecular flexibility index (Phi) is 189. The molecule has 1 aliphatic carbocycles. The Bertz CT molecular complexity index is 763. The van der Waals surface area contributed by atoms with E-state index in [9.17, 15) is 0 Å². The third kappa shape index (κ3) is 113. The van der Waals surface area contributed by atoms with Crippen LogP contribution in [0.1, 0.15) is 107 Å². The van der Waals surface area contributed by atoms with Crippen molar-refractivity contribution in [1.82, 2.24) is 0 Å². The Hall–Kier alpha value is 14.7. The van der Waals surface area contributed by atoms with Gasteiger partial charge in [-0.15, -0.1) is 55.4 Å². The molecule has 2 nitrogen and oxygen atoms in total. The summed E-state index contributed by atoms with van der Waals surface area (Å²) in [6.07, 6.45) is 21.2. The number of methoxy groups -OCH3 is 2. The van der Waals surface area contributed by atoms with Gasteiger partial charge in [-0.2, -0.15) is 20.8 Å². The first-order valence-electron chi connectivity index (χ1n) is 17.3. The van der Waals surface area contributed by atoms with Gasteiger partial charge in [-0.25, -0.2) is 0 Å². The summed E-state index contributed by atoms with van der Waals surface area (Å²) in [5, 5.41) is 0. The van der Waals surface area contributed by atoms with Crippen molar-refractivity contribution < 1.29 is 426 Å². The molecule has 0 fully saturated rings. The van der Waals surface area contributed by atoms with E-state index >= 15 is 0 Å². The summed E-state index contributed by atoms with van der Waals surface area (Å²) in [4.78, 5) is 0. The van der Waals surface area contributed by atoms with E-state index in [2.05, 4.69) is 156 Å². The average Bonchev–Trinajstić information content (AvgIpc) is 2.99. The molecular formula is C39H83Ar10O2P6Ru2. The summed E-state index contributed by atoms with van der Waals surface area (Å²) < 4.78 is 10.1. The zero-order valence-electron chi connectivity index (χ0n) is 37.8. The maximum atomic E-state index is 5.06. The standard InChI is InChI=1S/C9H12O2.C8H12.2C5H15P3.2C4H10.C4H9.10Ar.2Ru/c1-7-4-8(10-2)6-9(5-7)11-3;1-2-4-6-8-7-5-3-1;2*1-5(2-6,3-7)4-8;3*1-4(2)3;;;;;;;;;;;;/h4-6H,1-3H3;1-2,7-8H,3-6H2;2*2-4,6-8H2,1H3;2*4H,1-3H3;1-3H3;;;;;;;;;;;;/q;;;;;;-1;;;;;;;;;;;;+1/b;2-1-,8-7?;;;;;;;;;;;;;;;;;. The van der Waals surface area contributed by atoms with Crippen LogP contribution in [0.5, 0.6) is 11.5 Å². The summed E-state index contributed by atoms with van der Waals surface area (Å²) in [7, 11) is 20.0. The molecule has 59 heavy (non-hydrogen) atoms. The van der Waals surface area contributed by atoms with Crippen LogP contribution in [0, 0.1) is 413 Å². The van der Waals surface area contributed by atoms with Gasteiger partial charge >= 0.3 is 19.5 Å². The van der Waals surface area contributed by atoms with Gasteiger partial charge in [0.25, 0.3) is 0 Å². The van der Waals surface area contributed by atoms with E-state index in [0.29, 0.717) is 10.8 Å². The normalized spacial score (nSPS) is 10.1. The molecule has 20 heteroatoms. The zero-order chi connectivity index (χ0) is 37.9. The zero-order valence-corrected chi connectivity index (χ0v) is 55.3. The summed E-state index contributed by atoms with van der Waals surface area (Å²) in [6.45, 7) is 25.8. The monoisotopic (exact) mass is 1370 g/mol. The van der Waals surface area contributed by atoms with Crippen molar-refractivity contribution in [2.75, 3.05) is 51.2 Å². The van der Waals surface area contributed by atoms with Crippen molar-refractivity contribution in [2.45, 2.75) is 109 Å². The first-order valence-corrected chi connectivity index (χ1v) is 22.2. The number of hydrogen-bond donors (Lipinski definition) is 0. The van der Waals surface area contributed by atoms with Crippen LogP contribution in [-0.2, 0) is 39.0 Å². The smallest absolute Gasteiger partial charge is 0.497 e. The molecule has 0 bridgehead atoms. The molecule has 0 aromatic heterocycles. The molecule has 0 aliphatic heterocycles. The Labute approximate surface area is 710 Å². The first-order chi connectivity index (χ1) is 21.8. The number of rotatable bonds is 8. The Balaban J connectivity index is -0.0000000231. The fourth-order valence-electron chi connectivity index (χ4n) is 2.31. The largest absolute Gasteiger partial charge is 1.00 e. The van der Waals surface area contributed by atoms with E-state index in [0.717, 1.165) is 28.9 Å². The van der Waals surface area contributed by atoms with E-state index in [1.165, 1.54) is 68.6 Å². The van der Waals surface area contributed by atoms with Crippen LogP contribution in [-0.4, -0.2) is 51.2 Å². The molecule has 6 unspecified atom stereocenters. The van der Waals surface area contributed by atoms with Gasteiger partial charge in [0.1, 0.15) is 11.5 Å². The van der Waals surface area contributed by atoms with E-state index in [1.54, 1.807) is 14.2 Å². The molecule has 1 aliphatic rings. The van der Waals surface area contributed by atoms with Gasteiger partial charge in [0.05, 0.1) is 14.2 Å². The van der Waals surface area contributed by atoms with Crippen LogP contribution in [0.25, 0.3) is 0 Å². The van der Waals surface area contributed by atoms with Crippen molar-refractivity contribution in [3.8, 4) is 11.5 Å². The van der Waals surface area contributed by atoms with Gasteiger partial charge in [0, 0.05) is 403 Å². The van der Waals surface area contributed by atoms with Gasteiger partial charge in [0.2, 0.25) is 0 Å². The second-order valence-electron chi connectivity index (χ2n) is 14.3. The van der Waals surface area contributed by atoms with Crippen LogP contribution < -0.4 is 9.47 Å². The SMILES string of the molecule is C1=CCC/C=C\CC1.CC(C)C.CC(C)C.CC(CP)(CP)CP.CC(CP)(CP)CP.COc1cc(C)cc(OC)c1.C[C-](C)C.[Ar].[Ar].[Ar].[Ar].[Ar].[Ar].[Ar].[Ar].[Ar].[Ar].[Ru+].[Ru]. The topological polar surface area (TPSA) is 18.5 Å². The van der Waals surface area contributed by atoms with Crippen molar-refractivity contribution in [3.63, 3.8) is 0 Å². The maximum absolute atomic E-state index is 5.06. The number of ether oxygens (including phenoxy) is 2. The van der Waals surface area contributed by atoms with Crippen LogP contribution in [0.3, 0.4) is 0 Å². The van der Waals surface area contributed by atoms with Crippen molar-refractivity contribution in [3.05, 3.63) is 54.0 Å². The molecule has 0 spiro atoms. The van der Waals surface area contributed by atoms with Crippen LogP contribution in [0.15, 0.2) is 42.5 Å². The molecule has 0 saturated heterocycles. The molecule has 0 amide bonds. The second kappa shape index (κ2) is 92.1. The number of aryl methyl sites for hydroxylation is 1. The summed E-state index contributed by atoms with van der Waals surface area (Å²) in [5.74, 6) is 4.75. The minimum absolute atomic E-state index is 0. The molecular weight excluding hydrogens is 1290 g/mol. The summed E-state index contributed by atoms with van der Waals surface area (Å²) in [5.41, 5.74) is 2.17.